The van der Waals surface area contributed by atoms with Gasteiger partial charge in [0.2, 0.25) is 17.8 Å². The van der Waals surface area contributed by atoms with Crippen LogP contribution in [0, 0.1) is 18.6 Å². The van der Waals surface area contributed by atoms with Crippen molar-refractivity contribution in [2.24, 2.45) is 0 Å². The molecule has 1 aliphatic rings. The summed E-state index contributed by atoms with van der Waals surface area (Å²) >= 11 is 0. The molecule has 1 saturated heterocycles. The third-order valence-electron chi connectivity index (χ3n) is 5.26. The summed E-state index contributed by atoms with van der Waals surface area (Å²) in [6.45, 7) is 5.61. The molecule has 8 nitrogen and oxygen atoms in total. The Balaban J connectivity index is 1.45. The molecule has 0 saturated carbocycles. The Labute approximate surface area is 184 Å². The Kier molecular flexibility index (Phi) is 6.11. The maximum Gasteiger partial charge on any atom is 0.232 e. The van der Waals surface area contributed by atoms with Crippen LogP contribution in [0.3, 0.4) is 0 Å². The molecule has 1 aromatic heterocycles. The van der Waals surface area contributed by atoms with Gasteiger partial charge in [0.15, 0.2) is 0 Å². The zero-order valence-electron chi connectivity index (χ0n) is 17.8. The molecule has 2 aromatic carbocycles. The largest absolute Gasteiger partial charge is 0.366 e. The third-order valence-corrected chi connectivity index (χ3v) is 5.26. The van der Waals surface area contributed by atoms with Crippen molar-refractivity contribution >= 4 is 34.9 Å². The normalized spacial score (nSPS) is 13.8. The highest BCUT2D eigenvalue weighted by atomic mass is 19.1. The highest BCUT2D eigenvalue weighted by Crippen LogP contribution is 2.26. The molecule has 4 rings (SSSR count). The van der Waals surface area contributed by atoms with Crippen LogP contribution in [0.4, 0.5) is 37.7 Å². The predicted octanol–water partition coefficient (Wildman–Crippen LogP) is 3.49. The average molecular weight is 439 g/mol. The van der Waals surface area contributed by atoms with Gasteiger partial charge in [-0.05, 0) is 36.8 Å². The SMILES string of the molecule is CC(=O)Nc1cccc(Nc2ncnc(N3CCN(c4ccc(F)cc4F)CC3)n2)c1C. The number of benzene rings is 2. The molecule has 2 heterocycles. The number of nitrogens with one attached hydrogen (secondary N) is 2. The van der Waals surface area contributed by atoms with E-state index in [1.807, 2.05) is 34.9 Å². The molecule has 0 aliphatic carbocycles. The Bertz CT molecular complexity index is 1130. The number of halogens is 2. The molecule has 2 N–H and O–H groups in total. The summed E-state index contributed by atoms with van der Waals surface area (Å²) < 4.78 is 27.3. The van der Waals surface area contributed by atoms with Crippen molar-refractivity contribution in [3.8, 4) is 0 Å². The fraction of sp³-hybridized carbons (Fsp3) is 0.273. The van der Waals surface area contributed by atoms with Gasteiger partial charge in [-0.3, -0.25) is 4.79 Å². The van der Waals surface area contributed by atoms with E-state index in [2.05, 4.69) is 25.6 Å². The number of piperazine rings is 1. The highest BCUT2D eigenvalue weighted by Gasteiger charge is 2.22. The molecule has 32 heavy (non-hydrogen) atoms. The van der Waals surface area contributed by atoms with Crippen molar-refractivity contribution in [2.45, 2.75) is 13.8 Å². The third kappa shape index (κ3) is 4.74. The number of rotatable bonds is 5. The standard InChI is InChI=1S/C22H23F2N7O/c1-14-18(27-15(2)32)4-3-5-19(14)28-21-25-13-26-22(29-21)31-10-8-30(9-11-31)20-7-6-16(23)12-17(20)24/h3-7,12-13H,8-11H2,1-2H3,(H,27,32)(H,25,26,28,29). The van der Waals surface area contributed by atoms with Crippen molar-refractivity contribution in [1.29, 1.82) is 0 Å². The molecule has 10 heteroatoms. The molecule has 0 radical (unpaired) electrons. The lowest BCUT2D eigenvalue weighted by Crippen LogP contribution is -2.47. The molecule has 0 unspecified atom stereocenters. The van der Waals surface area contributed by atoms with E-state index in [0.717, 1.165) is 17.3 Å². The van der Waals surface area contributed by atoms with Crippen LogP contribution < -0.4 is 20.4 Å². The molecule has 1 aliphatic heterocycles. The van der Waals surface area contributed by atoms with Crippen molar-refractivity contribution in [3.63, 3.8) is 0 Å². The highest BCUT2D eigenvalue weighted by molar-refractivity contribution is 5.90. The minimum absolute atomic E-state index is 0.146. The Morgan fingerprint density at radius 1 is 1.00 bits per heavy atom. The number of hydrogen-bond donors (Lipinski definition) is 2. The number of carbonyl (C=O) groups is 1. The molecule has 0 atom stereocenters. The Hall–Kier alpha value is -3.82. The van der Waals surface area contributed by atoms with Gasteiger partial charge >= 0.3 is 0 Å². The monoisotopic (exact) mass is 439 g/mol. The second-order valence-corrected chi connectivity index (χ2v) is 7.46. The quantitative estimate of drug-likeness (QED) is 0.629. The van der Waals surface area contributed by atoms with Gasteiger partial charge in [0.1, 0.15) is 18.0 Å². The maximum absolute atomic E-state index is 14.1. The lowest BCUT2D eigenvalue weighted by molar-refractivity contribution is -0.114. The van der Waals surface area contributed by atoms with E-state index in [-0.39, 0.29) is 5.91 Å². The fourth-order valence-electron chi connectivity index (χ4n) is 3.60. The first kappa shape index (κ1) is 21.4. The van der Waals surface area contributed by atoms with Crippen LogP contribution >= 0.6 is 0 Å². The smallest absolute Gasteiger partial charge is 0.232 e. The van der Waals surface area contributed by atoms with Gasteiger partial charge in [-0.25, -0.2) is 18.7 Å². The van der Waals surface area contributed by atoms with Crippen LogP contribution in [0.5, 0.6) is 0 Å². The summed E-state index contributed by atoms with van der Waals surface area (Å²) in [5.41, 5.74) is 2.73. The maximum atomic E-state index is 14.1. The van der Waals surface area contributed by atoms with E-state index in [9.17, 15) is 13.6 Å². The van der Waals surface area contributed by atoms with Gasteiger partial charge in [-0.1, -0.05) is 6.07 Å². The Morgan fingerprint density at radius 3 is 2.44 bits per heavy atom. The topological polar surface area (TPSA) is 86.3 Å². The average Bonchev–Trinajstić information content (AvgIpc) is 2.77. The van der Waals surface area contributed by atoms with E-state index in [4.69, 9.17) is 0 Å². The van der Waals surface area contributed by atoms with Crippen molar-refractivity contribution in [2.75, 3.05) is 46.6 Å². The number of aromatic nitrogens is 3. The predicted molar refractivity (Wildman–Crippen MR) is 119 cm³/mol. The second-order valence-electron chi connectivity index (χ2n) is 7.46. The van der Waals surface area contributed by atoms with E-state index < -0.39 is 11.6 Å². The lowest BCUT2D eigenvalue weighted by atomic mass is 10.1. The van der Waals surface area contributed by atoms with Crippen LogP contribution in [-0.2, 0) is 4.79 Å². The van der Waals surface area contributed by atoms with Gasteiger partial charge in [0.25, 0.3) is 0 Å². The lowest BCUT2D eigenvalue weighted by Gasteiger charge is -2.36. The summed E-state index contributed by atoms with van der Waals surface area (Å²) in [4.78, 5) is 28.2. The van der Waals surface area contributed by atoms with Gasteiger partial charge in [-0.2, -0.15) is 4.98 Å². The number of anilines is 5. The molecule has 166 valence electrons. The molecule has 1 amide bonds. The van der Waals surface area contributed by atoms with Gasteiger partial charge in [0, 0.05) is 50.5 Å². The second kappa shape index (κ2) is 9.13. The van der Waals surface area contributed by atoms with Crippen molar-refractivity contribution < 1.29 is 13.6 Å². The van der Waals surface area contributed by atoms with Crippen LogP contribution in [-0.4, -0.2) is 47.0 Å². The van der Waals surface area contributed by atoms with Gasteiger partial charge < -0.3 is 20.4 Å². The molecular weight excluding hydrogens is 416 g/mol. The van der Waals surface area contributed by atoms with Crippen LogP contribution in [0.1, 0.15) is 12.5 Å². The molecular formula is C22H23F2N7O. The Morgan fingerprint density at radius 2 is 1.72 bits per heavy atom. The number of amides is 1. The fourth-order valence-corrected chi connectivity index (χ4v) is 3.60. The van der Waals surface area contributed by atoms with Crippen molar-refractivity contribution in [3.05, 3.63) is 59.9 Å². The first-order chi connectivity index (χ1) is 15.4. The van der Waals surface area contributed by atoms with Crippen LogP contribution in [0.25, 0.3) is 0 Å². The van der Waals surface area contributed by atoms with Gasteiger partial charge in [0.05, 0.1) is 5.69 Å². The summed E-state index contributed by atoms with van der Waals surface area (Å²) in [7, 11) is 0. The summed E-state index contributed by atoms with van der Waals surface area (Å²) in [6, 6.07) is 9.15. The zero-order valence-corrected chi connectivity index (χ0v) is 17.8. The van der Waals surface area contributed by atoms with E-state index in [1.54, 1.807) is 0 Å². The minimum atomic E-state index is -0.590. The van der Waals surface area contributed by atoms with E-state index in [1.165, 1.54) is 25.4 Å². The number of nitrogens with zero attached hydrogens (tertiary/aromatic N) is 5. The zero-order chi connectivity index (χ0) is 22.7. The van der Waals surface area contributed by atoms with E-state index >= 15 is 0 Å². The van der Waals surface area contributed by atoms with E-state index in [0.29, 0.717) is 49.5 Å². The first-order valence-corrected chi connectivity index (χ1v) is 10.2. The van der Waals surface area contributed by atoms with Gasteiger partial charge in [-0.15, -0.1) is 0 Å². The number of hydrogen-bond acceptors (Lipinski definition) is 7. The molecule has 0 bridgehead atoms. The van der Waals surface area contributed by atoms with Crippen molar-refractivity contribution in [1.82, 2.24) is 15.0 Å². The molecule has 0 spiro atoms. The summed E-state index contributed by atoms with van der Waals surface area (Å²) in [5, 5.41) is 5.97. The van der Waals surface area contributed by atoms with Crippen LogP contribution in [0.2, 0.25) is 0 Å². The summed E-state index contributed by atoms with van der Waals surface area (Å²) in [6.07, 6.45) is 1.43. The molecule has 3 aromatic rings. The minimum Gasteiger partial charge on any atom is -0.366 e. The molecule has 1 fully saturated rings. The first-order valence-electron chi connectivity index (χ1n) is 10.2. The van der Waals surface area contributed by atoms with Crippen LogP contribution in [0.15, 0.2) is 42.7 Å². The number of carbonyl (C=O) groups excluding carboxylic acids is 1. The summed E-state index contributed by atoms with van der Waals surface area (Å²) in [5.74, 6) is -0.412.